The maximum atomic E-state index is 13.3. The first-order valence-corrected chi connectivity index (χ1v) is 9.96. The fourth-order valence-corrected chi connectivity index (χ4v) is 3.30. The van der Waals surface area contributed by atoms with Gasteiger partial charge in [0.15, 0.2) is 12.4 Å². The number of methoxy groups -OCH3 is 1. The molecule has 2 aromatic carbocycles. The minimum absolute atomic E-state index is 0.0627. The number of carbonyl (C=O) groups excluding carboxylic acids is 1. The molecule has 5 heteroatoms. The summed E-state index contributed by atoms with van der Waals surface area (Å²) in [7, 11) is 1.63. The van der Waals surface area contributed by atoms with Crippen molar-refractivity contribution >= 4 is 23.5 Å². The molecule has 0 bridgehead atoms. The fourth-order valence-electron chi connectivity index (χ4n) is 3.01. The highest BCUT2D eigenvalue weighted by Crippen LogP contribution is 2.15. The Hall–Kier alpha value is -3.05. The second kappa shape index (κ2) is 9.94. The van der Waals surface area contributed by atoms with Gasteiger partial charge in [-0.3, -0.25) is 4.79 Å². The van der Waals surface area contributed by atoms with Crippen molar-refractivity contribution in [1.29, 1.82) is 0 Å². The number of aliphatic imine (C=N–C) groups is 1. The Kier molecular flexibility index (Phi) is 7.09. The third-order valence-electron chi connectivity index (χ3n) is 4.74. The maximum Gasteiger partial charge on any atom is 0.237 e. The van der Waals surface area contributed by atoms with Gasteiger partial charge in [-0.25, -0.2) is 0 Å². The van der Waals surface area contributed by atoms with Gasteiger partial charge in [-0.2, -0.15) is 4.57 Å². The first-order valence-electron chi connectivity index (χ1n) is 9.55. The highest BCUT2D eigenvalue weighted by molar-refractivity contribution is 7.77. The predicted octanol–water partition coefficient (Wildman–Crippen LogP) is 4.11. The average molecular weight is 405 g/mol. The lowest BCUT2D eigenvalue weighted by atomic mass is 10.0. The lowest BCUT2D eigenvalue weighted by Gasteiger charge is -2.19. The van der Waals surface area contributed by atoms with Crippen LogP contribution in [0, 0.1) is 0 Å². The molecule has 0 unspecified atom stereocenters. The summed E-state index contributed by atoms with van der Waals surface area (Å²) in [6.45, 7) is 2.50. The molecule has 1 atom stereocenters. The number of carbonyl (C=O) groups is 1. The summed E-state index contributed by atoms with van der Waals surface area (Å²) in [6.07, 6.45) is 4.62. The van der Waals surface area contributed by atoms with Gasteiger partial charge in [0, 0.05) is 17.7 Å². The molecule has 3 aromatic rings. The van der Waals surface area contributed by atoms with Crippen LogP contribution in [0.15, 0.2) is 84.1 Å². The number of ketones is 1. The van der Waals surface area contributed by atoms with E-state index in [9.17, 15) is 4.79 Å². The predicted molar refractivity (Wildman–Crippen MR) is 117 cm³/mol. The molecule has 4 nitrogen and oxygen atoms in total. The van der Waals surface area contributed by atoms with E-state index in [1.807, 2.05) is 83.7 Å². The Balaban J connectivity index is 1.88. The van der Waals surface area contributed by atoms with E-state index in [1.165, 1.54) is 5.56 Å². The Morgan fingerprint density at radius 3 is 2.21 bits per heavy atom. The van der Waals surface area contributed by atoms with Gasteiger partial charge in [0.2, 0.25) is 11.8 Å². The molecule has 0 N–H and O–H groups in total. The number of rotatable bonds is 8. The van der Waals surface area contributed by atoms with Crippen molar-refractivity contribution in [3.05, 3.63) is 95.8 Å². The minimum atomic E-state index is -0.656. The molecule has 148 valence electrons. The molecule has 1 heterocycles. The van der Waals surface area contributed by atoms with Crippen molar-refractivity contribution in [3.63, 3.8) is 0 Å². The zero-order valence-electron chi connectivity index (χ0n) is 16.6. The van der Waals surface area contributed by atoms with Gasteiger partial charge in [-0.05, 0) is 34.7 Å². The molecule has 0 saturated carbocycles. The minimum Gasteiger partial charge on any atom is -0.758 e. The molecule has 29 heavy (non-hydrogen) atoms. The first kappa shape index (κ1) is 20.7. The van der Waals surface area contributed by atoms with Gasteiger partial charge < -0.3 is 22.4 Å². The van der Waals surface area contributed by atoms with Crippen LogP contribution in [0.5, 0.6) is 5.75 Å². The number of Topliss-reactive ketones (excluding diaryl/α,β-unsaturated/α-hetero) is 1. The number of hydrogen-bond acceptors (Lipinski definition) is 4. The van der Waals surface area contributed by atoms with E-state index in [2.05, 4.69) is 11.9 Å². The highest BCUT2D eigenvalue weighted by atomic mass is 32.1. The average Bonchev–Trinajstić information content (AvgIpc) is 2.79. The lowest BCUT2D eigenvalue weighted by molar-refractivity contribution is -0.691. The largest absolute Gasteiger partial charge is 0.758 e. The number of hydrogen-bond donors (Lipinski definition) is 0. The zero-order chi connectivity index (χ0) is 20.6. The third kappa shape index (κ3) is 5.27. The van der Waals surface area contributed by atoms with E-state index in [0.29, 0.717) is 17.2 Å². The van der Waals surface area contributed by atoms with E-state index in [-0.39, 0.29) is 5.78 Å². The van der Waals surface area contributed by atoms with Crippen LogP contribution in [0.3, 0.4) is 0 Å². The van der Waals surface area contributed by atoms with Crippen molar-refractivity contribution in [3.8, 4) is 5.75 Å². The molecule has 1 aromatic heterocycles. The summed E-state index contributed by atoms with van der Waals surface area (Å²) in [5, 5.41) is 0.363. The Morgan fingerprint density at radius 2 is 1.62 bits per heavy atom. The van der Waals surface area contributed by atoms with Crippen LogP contribution in [0.4, 0.5) is 0 Å². The van der Waals surface area contributed by atoms with Gasteiger partial charge in [-0.15, -0.1) is 0 Å². The van der Waals surface area contributed by atoms with Crippen LogP contribution in [-0.2, 0) is 25.6 Å². The van der Waals surface area contributed by atoms with Gasteiger partial charge in [0.05, 0.1) is 13.7 Å². The summed E-state index contributed by atoms with van der Waals surface area (Å²) in [6, 6.07) is 20.4. The molecule has 0 saturated heterocycles. The van der Waals surface area contributed by atoms with Crippen molar-refractivity contribution in [2.75, 3.05) is 7.11 Å². The molecule has 0 aliphatic carbocycles. The number of pyridine rings is 1. The second-order valence-electron chi connectivity index (χ2n) is 6.64. The van der Waals surface area contributed by atoms with Crippen molar-refractivity contribution in [2.24, 2.45) is 4.99 Å². The number of nitrogens with zero attached hydrogens (tertiary/aromatic N) is 2. The topological polar surface area (TPSA) is 42.5 Å². The van der Waals surface area contributed by atoms with Crippen LogP contribution in [0.25, 0.3) is 0 Å². The molecule has 3 rings (SSSR count). The van der Waals surface area contributed by atoms with Crippen LogP contribution in [-0.4, -0.2) is 17.9 Å². The van der Waals surface area contributed by atoms with E-state index >= 15 is 0 Å². The van der Waals surface area contributed by atoms with Crippen LogP contribution in [0.2, 0.25) is 0 Å². The Labute approximate surface area is 177 Å². The summed E-state index contributed by atoms with van der Waals surface area (Å²) < 4.78 is 7.00. The monoisotopic (exact) mass is 404 g/mol. The summed E-state index contributed by atoms with van der Waals surface area (Å²) in [5.74, 6) is 0.729. The van der Waals surface area contributed by atoms with E-state index in [0.717, 1.165) is 17.7 Å². The van der Waals surface area contributed by atoms with Crippen molar-refractivity contribution < 1.29 is 14.1 Å². The first-order chi connectivity index (χ1) is 14.1. The van der Waals surface area contributed by atoms with E-state index < -0.39 is 6.04 Å². The zero-order valence-corrected chi connectivity index (χ0v) is 17.4. The molecular weight excluding hydrogens is 380 g/mol. The quantitative estimate of drug-likeness (QED) is 0.187. The number of aryl methyl sites for hydroxylation is 1. The molecule has 0 fully saturated rings. The van der Waals surface area contributed by atoms with Crippen LogP contribution >= 0.6 is 0 Å². The standard InChI is InChI=1S/C24H24N2O2S/c1-3-18-7-11-20(12-8-18)23(27)22(26-15-5-4-6-16-26)24(29)25-17-19-9-13-21(28-2)14-10-19/h4-16,22H,3,17H2,1-2H3/t22-/m0/s1. The maximum absolute atomic E-state index is 13.3. The molecule has 0 aliphatic rings. The van der Waals surface area contributed by atoms with Crippen LogP contribution in [0.1, 0.15) is 34.5 Å². The number of benzene rings is 2. The summed E-state index contributed by atoms with van der Waals surface area (Å²) in [4.78, 5) is 17.9. The molecule has 0 spiro atoms. The summed E-state index contributed by atoms with van der Waals surface area (Å²) in [5.41, 5.74) is 2.83. The number of aromatic nitrogens is 1. The normalized spacial score (nSPS) is 12.4. The molecular formula is C24H24N2O2S. The molecule has 0 aliphatic heterocycles. The van der Waals surface area contributed by atoms with Crippen LogP contribution < -0.4 is 9.30 Å². The fraction of sp³-hybridized carbons (Fsp3) is 0.208. The lowest BCUT2D eigenvalue weighted by Crippen LogP contribution is -2.47. The smallest absolute Gasteiger partial charge is 0.237 e. The third-order valence-corrected chi connectivity index (χ3v) is 5.09. The number of ether oxygens (including phenoxy) is 1. The van der Waals surface area contributed by atoms with Gasteiger partial charge in [0.1, 0.15) is 5.75 Å². The van der Waals surface area contributed by atoms with Gasteiger partial charge in [-0.1, -0.05) is 49.4 Å². The SMILES string of the molecule is CCc1ccc(C(=O)[C@@H](C([S-])=NCc2ccc(OC)cc2)[n+]2ccccc2)cc1. The second-order valence-corrected chi connectivity index (χ2v) is 7.06. The van der Waals surface area contributed by atoms with Gasteiger partial charge in [0.25, 0.3) is 0 Å². The Bertz CT molecular complexity index is 968. The summed E-state index contributed by atoms with van der Waals surface area (Å²) >= 11 is 5.60. The van der Waals surface area contributed by atoms with Crippen molar-refractivity contribution in [2.45, 2.75) is 25.9 Å². The van der Waals surface area contributed by atoms with Gasteiger partial charge >= 0.3 is 0 Å². The molecule has 0 radical (unpaired) electrons. The molecule has 0 amide bonds. The van der Waals surface area contributed by atoms with E-state index in [4.69, 9.17) is 17.4 Å². The Morgan fingerprint density at radius 1 is 1.00 bits per heavy atom. The van der Waals surface area contributed by atoms with Crippen molar-refractivity contribution in [1.82, 2.24) is 0 Å². The van der Waals surface area contributed by atoms with E-state index in [1.54, 1.807) is 7.11 Å². The highest BCUT2D eigenvalue weighted by Gasteiger charge is 2.27.